The Morgan fingerprint density at radius 3 is 1.63 bits per heavy atom. The minimum atomic E-state index is 0. The molecule has 0 spiro atoms. The molecule has 41 heavy (non-hydrogen) atoms. The average Bonchev–Trinajstić information content (AvgIpc) is 3.30. The number of nitrogens with zero attached hydrogens (tertiary/aromatic N) is 2. The lowest BCUT2D eigenvalue weighted by Gasteiger charge is -1.98. The highest BCUT2D eigenvalue weighted by Gasteiger charge is 2.09. The Bertz CT molecular complexity index is 947. The van der Waals surface area contributed by atoms with Crippen LogP contribution in [-0.4, -0.2) is 11.3 Å². The summed E-state index contributed by atoms with van der Waals surface area (Å²) in [4.78, 5) is 4.05. The monoisotopic (exact) mass is 567 g/mol. The second-order valence-corrected chi connectivity index (χ2v) is 6.72. The maximum atomic E-state index is 4.05. The molecule has 0 bridgehead atoms. The van der Waals surface area contributed by atoms with Crippen molar-refractivity contribution in [3.8, 4) is 0 Å². The third-order valence-electron chi connectivity index (χ3n) is 3.99. The average molecular weight is 567 g/mol. The minimum Gasteiger partial charge on any atom is -0.342 e. The largest absolute Gasteiger partial charge is 0.342 e. The first-order valence-electron chi connectivity index (χ1n) is 14.9. The van der Waals surface area contributed by atoms with Crippen molar-refractivity contribution in [2.75, 3.05) is 0 Å². The summed E-state index contributed by atoms with van der Waals surface area (Å²) in [6.45, 7) is 44.3. The van der Waals surface area contributed by atoms with Gasteiger partial charge >= 0.3 is 0 Å². The van der Waals surface area contributed by atoms with Gasteiger partial charge in [-0.1, -0.05) is 164 Å². The summed E-state index contributed by atoms with van der Waals surface area (Å²) in [6, 6.07) is 8.13. The van der Waals surface area contributed by atoms with Crippen LogP contribution in [0.1, 0.15) is 110 Å². The van der Waals surface area contributed by atoms with Crippen molar-refractivity contribution in [1.29, 1.82) is 0 Å². The zero-order valence-corrected chi connectivity index (χ0v) is 29.1. The number of aromatic nitrogens is 1. The highest BCUT2D eigenvalue weighted by Crippen LogP contribution is 2.32. The van der Waals surface area contributed by atoms with E-state index in [4.69, 9.17) is 0 Å². The molecular formula is C39H70N2. The molecule has 0 saturated heterocycles. The molecule has 2 aromatic rings. The van der Waals surface area contributed by atoms with E-state index < -0.39 is 0 Å². The van der Waals surface area contributed by atoms with Gasteiger partial charge < -0.3 is 4.57 Å². The van der Waals surface area contributed by atoms with Crippen LogP contribution in [0.25, 0.3) is 17.0 Å². The molecule has 236 valence electrons. The van der Waals surface area contributed by atoms with Gasteiger partial charge in [-0.15, -0.1) is 6.58 Å². The fourth-order valence-corrected chi connectivity index (χ4v) is 2.62. The van der Waals surface area contributed by atoms with Crippen LogP contribution >= 0.6 is 0 Å². The second-order valence-electron chi connectivity index (χ2n) is 6.72. The molecule has 0 amide bonds. The molecule has 0 fully saturated rings. The van der Waals surface area contributed by atoms with Crippen LogP contribution < -0.4 is 0 Å². The van der Waals surface area contributed by atoms with Crippen molar-refractivity contribution < 1.29 is 0 Å². The van der Waals surface area contributed by atoms with Crippen molar-refractivity contribution in [3.63, 3.8) is 0 Å². The van der Waals surface area contributed by atoms with Gasteiger partial charge in [-0.25, -0.2) is 0 Å². The number of hydrogen-bond donors (Lipinski definition) is 0. The summed E-state index contributed by atoms with van der Waals surface area (Å²) in [6.07, 6.45) is 16.4. The van der Waals surface area contributed by atoms with Gasteiger partial charge in [-0.3, -0.25) is 4.99 Å². The number of aliphatic imine (C=N–C) groups is 1. The summed E-state index contributed by atoms with van der Waals surface area (Å²) in [5.41, 5.74) is 5.40. The predicted octanol–water partition coefficient (Wildman–Crippen LogP) is 14.3. The molecule has 0 aliphatic heterocycles. The van der Waals surface area contributed by atoms with Gasteiger partial charge in [0.25, 0.3) is 0 Å². The first-order valence-corrected chi connectivity index (χ1v) is 14.9. The lowest BCUT2D eigenvalue weighted by molar-refractivity contribution is 0.955. The van der Waals surface area contributed by atoms with Crippen LogP contribution in [0.3, 0.4) is 0 Å². The molecule has 0 atom stereocenters. The Hall–Kier alpha value is -3.39. The van der Waals surface area contributed by atoms with Gasteiger partial charge in [0.05, 0.1) is 16.9 Å². The van der Waals surface area contributed by atoms with E-state index in [9.17, 15) is 0 Å². The fourth-order valence-electron chi connectivity index (χ4n) is 2.62. The fraction of sp³-hybridized carbons (Fsp3) is 0.410. The summed E-state index contributed by atoms with van der Waals surface area (Å²) < 4.78 is 2.08. The number of hydrogen-bond acceptors (Lipinski definition) is 1. The van der Waals surface area contributed by atoms with Crippen LogP contribution in [0.5, 0.6) is 0 Å². The van der Waals surface area contributed by atoms with Crippen molar-refractivity contribution in [2.24, 2.45) is 12.0 Å². The molecule has 2 nitrogen and oxygen atoms in total. The normalized spacial score (nSPS) is 8.83. The van der Waals surface area contributed by atoms with E-state index in [2.05, 4.69) is 75.5 Å². The van der Waals surface area contributed by atoms with Gasteiger partial charge in [0, 0.05) is 12.4 Å². The first-order chi connectivity index (χ1) is 19.4. The zero-order valence-electron chi connectivity index (χ0n) is 29.1. The van der Waals surface area contributed by atoms with E-state index in [-0.39, 0.29) is 7.43 Å². The van der Waals surface area contributed by atoms with Gasteiger partial charge in [-0.05, 0) is 50.8 Å². The third-order valence-corrected chi connectivity index (χ3v) is 3.99. The third kappa shape index (κ3) is 26.6. The molecule has 1 heterocycles. The van der Waals surface area contributed by atoms with E-state index in [0.29, 0.717) is 0 Å². The van der Waals surface area contributed by atoms with Crippen LogP contribution in [0.2, 0.25) is 0 Å². The summed E-state index contributed by atoms with van der Waals surface area (Å²) in [5.74, 6) is 0. The number of aryl methyl sites for hydroxylation is 1. The molecule has 0 radical (unpaired) electrons. The molecule has 0 saturated carbocycles. The SMILES string of the molecule is C.C=C/C=C(C=C)/C(C)=C/C=C\C.C=CC.C=Cc1c(N=C)c2ccccc2n1C.CC.CC.CC.CC.CCC. The smallest absolute Gasteiger partial charge is 0.0952 e. The number of benzene rings is 1. The molecule has 2 heteroatoms. The van der Waals surface area contributed by atoms with Crippen molar-refractivity contribution in [3.05, 3.63) is 110 Å². The number of fused-ring (bicyclic) bond motifs is 1. The highest BCUT2D eigenvalue weighted by molar-refractivity contribution is 5.96. The lowest BCUT2D eigenvalue weighted by atomic mass is 10.1. The number of para-hydroxylation sites is 1. The lowest BCUT2D eigenvalue weighted by Crippen LogP contribution is -1.88. The molecule has 0 N–H and O–H groups in total. The predicted molar refractivity (Wildman–Crippen MR) is 203 cm³/mol. The van der Waals surface area contributed by atoms with Crippen molar-refractivity contribution in [2.45, 2.75) is 104 Å². The molecule has 1 aromatic carbocycles. The highest BCUT2D eigenvalue weighted by atomic mass is 15.0. The Labute approximate surface area is 259 Å². The van der Waals surface area contributed by atoms with Crippen LogP contribution in [0, 0.1) is 0 Å². The molecule has 2 rings (SSSR count). The second kappa shape index (κ2) is 46.5. The minimum absolute atomic E-state index is 0. The van der Waals surface area contributed by atoms with Crippen LogP contribution in [0.15, 0.2) is 109 Å². The standard InChI is InChI=1S/C12H12N2.C12H16.C3H8.C3H6.4C2H6.CH4/c1-4-10-12(13-2)9-7-5-6-8-11(9)14(10)3;1-5-8-10-11(4)12(7-3)9-6-2;2*1-3-2;4*1-2;/h4-8H,1-2H2,3H3;5-10H,2-3H2,1,4H3;3H2,1-2H3;3H,1H2,2H3;4*1-2H3;1H4/b;8-5-,11-10+,12-9+;;;;;;;. The van der Waals surface area contributed by atoms with Crippen molar-refractivity contribution >= 4 is 29.4 Å². The maximum Gasteiger partial charge on any atom is 0.0952 e. The Balaban J connectivity index is -0.0000000777. The zero-order chi connectivity index (χ0) is 32.9. The molecule has 0 unspecified atom stereocenters. The number of allylic oxidation sites excluding steroid dienone is 9. The Kier molecular flexibility index (Phi) is 61.0. The summed E-state index contributed by atoms with van der Waals surface area (Å²) in [5, 5.41) is 1.12. The topological polar surface area (TPSA) is 17.3 Å². The summed E-state index contributed by atoms with van der Waals surface area (Å²) >= 11 is 0. The maximum absolute atomic E-state index is 4.05. The molecule has 1 aromatic heterocycles. The quantitative estimate of drug-likeness (QED) is 0.188. The van der Waals surface area contributed by atoms with E-state index >= 15 is 0 Å². The van der Waals surface area contributed by atoms with Crippen molar-refractivity contribution in [1.82, 2.24) is 4.57 Å². The molecule has 0 aliphatic carbocycles. The number of rotatable bonds is 6. The molecule has 0 aliphatic rings. The van der Waals surface area contributed by atoms with Gasteiger partial charge in [-0.2, -0.15) is 0 Å². The van der Waals surface area contributed by atoms with Gasteiger partial charge in [0.2, 0.25) is 0 Å². The van der Waals surface area contributed by atoms with Gasteiger partial charge in [0.15, 0.2) is 0 Å². The van der Waals surface area contributed by atoms with Crippen LogP contribution in [0.4, 0.5) is 5.69 Å². The van der Waals surface area contributed by atoms with E-state index in [1.807, 2.05) is 125 Å². The molecular weight excluding hydrogens is 496 g/mol. The summed E-state index contributed by atoms with van der Waals surface area (Å²) in [7, 11) is 2.01. The van der Waals surface area contributed by atoms with Crippen LogP contribution in [-0.2, 0) is 7.05 Å². The van der Waals surface area contributed by atoms with E-state index in [0.717, 1.165) is 27.9 Å². The first kappa shape index (κ1) is 53.8. The Morgan fingerprint density at radius 1 is 0.854 bits per heavy atom. The Morgan fingerprint density at radius 2 is 1.29 bits per heavy atom. The van der Waals surface area contributed by atoms with Gasteiger partial charge in [0.1, 0.15) is 0 Å². The van der Waals surface area contributed by atoms with E-state index in [1.165, 1.54) is 12.0 Å². The van der Waals surface area contributed by atoms with E-state index in [1.54, 1.807) is 12.2 Å².